The summed E-state index contributed by atoms with van der Waals surface area (Å²) in [5.41, 5.74) is -1.88. The Bertz CT molecular complexity index is 258. The molecular formula is C11H22O7. The molecule has 0 saturated heterocycles. The van der Waals surface area contributed by atoms with Crippen LogP contribution >= 0.6 is 0 Å². The van der Waals surface area contributed by atoms with Crippen molar-refractivity contribution in [2.24, 2.45) is 11.8 Å². The molecule has 1 fully saturated rings. The van der Waals surface area contributed by atoms with Gasteiger partial charge in [-0.25, -0.2) is 0 Å². The summed E-state index contributed by atoms with van der Waals surface area (Å²) in [6.45, 7) is -1.30. The van der Waals surface area contributed by atoms with E-state index >= 15 is 0 Å². The van der Waals surface area contributed by atoms with E-state index in [0.29, 0.717) is 0 Å². The zero-order valence-electron chi connectivity index (χ0n) is 10.1. The molecule has 1 aliphatic rings. The van der Waals surface area contributed by atoms with E-state index in [9.17, 15) is 20.4 Å². The molecular weight excluding hydrogens is 244 g/mol. The first kappa shape index (κ1) is 15.8. The minimum absolute atomic E-state index is 0.112. The predicted molar refractivity (Wildman–Crippen MR) is 60.4 cm³/mol. The van der Waals surface area contributed by atoms with Gasteiger partial charge < -0.3 is 35.7 Å². The molecule has 1 aliphatic carbocycles. The summed E-state index contributed by atoms with van der Waals surface area (Å²) in [5.74, 6) is -1.10. The molecule has 1 rings (SSSR count). The van der Waals surface area contributed by atoms with Gasteiger partial charge in [-0.2, -0.15) is 0 Å². The highest BCUT2D eigenvalue weighted by molar-refractivity contribution is 5.02. The Morgan fingerprint density at radius 2 is 1.56 bits per heavy atom. The largest absolute Gasteiger partial charge is 0.396 e. The zero-order chi connectivity index (χ0) is 13.9. The van der Waals surface area contributed by atoms with Crippen molar-refractivity contribution in [2.45, 2.75) is 36.8 Å². The van der Waals surface area contributed by atoms with Crippen LogP contribution in [0.5, 0.6) is 0 Å². The molecule has 108 valence electrons. The van der Waals surface area contributed by atoms with Crippen LogP contribution in [0.3, 0.4) is 0 Å². The molecule has 0 aromatic carbocycles. The van der Waals surface area contributed by atoms with Crippen molar-refractivity contribution >= 4 is 0 Å². The zero-order valence-corrected chi connectivity index (χ0v) is 10.1. The van der Waals surface area contributed by atoms with E-state index in [-0.39, 0.29) is 26.1 Å². The van der Waals surface area contributed by atoms with Crippen LogP contribution in [0, 0.1) is 11.8 Å². The number of hydrogen-bond acceptors (Lipinski definition) is 7. The third-order valence-corrected chi connectivity index (χ3v) is 3.75. The number of aliphatic hydroxyl groups is 7. The summed E-state index contributed by atoms with van der Waals surface area (Å²) in [5, 5.41) is 66.1. The van der Waals surface area contributed by atoms with Gasteiger partial charge in [0.25, 0.3) is 0 Å². The average molecular weight is 266 g/mol. The summed E-state index contributed by atoms with van der Waals surface area (Å²) in [7, 11) is 0. The average Bonchev–Trinajstić information content (AvgIpc) is 2.39. The van der Waals surface area contributed by atoms with Crippen molar-refractivity contribution in [2.75, 3.05) is 19.8 Å². The molecule has 7 N–H and O–H groups in total. The van der Waals surface area contributed by atoms with Crippen LogP contribution < -0.4 is 0 Å². The van der Waals surface area contributed by atoms with Gasteiger partial charge in [-0.1, -0.05) is 0 Å². The normalized spacial score (nSPS) is 41.3. The van der Waals surface area contributed by atoms with E-state index in [1.54, 1.807) is 0 Å². The van der Waals surface area contributed by atoms with Crippen molar-refractivity contribution < 1.29 is 35.7 Å². The van der Waals surface area contributed by atoms with E-state index in [0.717, 1.165) is 0 Å². The highest BCUT2D eigenvalue weighted by Crippen LogP contribution is 2.36. The highest BCUT2D eigenvalue weighted by atomic mass is 16.4. The molecule has 5 atom stereocenters. The minimum atomic E-state index is -1.88. The topological polar surface area (TPSA) is 142 Å². The SMILES string of the molecule is OCC(CO)C[C@@H]1C[C@@](O)(CO)[C@H](O)[C@@H](O)[C@@H]1O. The number of rotatable bonds is 5. The third-order valence-electron chi connectivity index (χ3n) is 3.75. The summed E-state index contributed by atoms with van der Waals surface area (Å²) in [4.78, 5) is 0. The fraction of sp³-hybridized carbons (Fsp3) is 1.00. The Kier molecular flexibility index (Phi) is 5.47. The van der Waals surface area contributed by atoms with Gasteiger partial charge in [0.2, 0.25) is 0 Å². The predicted octanol–water partition coefficient (Wildman–Crippen LogP) is -3.20. The van der Waals surface area contributed by atoms with E-state index in [1.807, 2.05) is 0 Å². The second-order valence-corrected chi connectivity index (χ2v) is 5.12. The molecule has 0 unspecified atom stereocenters. The quantitative estimate of drug-likeness (QED) is 0.278. The summed E-state index contributed by atoms with van der Waals surface area (Å²) in [6, 6.07) is 0. The molecule has 0 radical (unpaired) electrons. The van der Waals surface area contributed by atoms with Gasteiger partial charge in [0.15, 0.2) is 0 Å². The summed E-state index contributed by atoms with van der Waals surface area (Å²) >= 11 is 0. The summed E-state index contributed by atoms with van der Waals surface area (Å²) in [6.07, 6.45) is -4.40. The first-order valence-electron chi connectivity index (χ1n) is 5.98. The molecule has 0 spiro atoms. The highest BCUT2D eigenvalue weighted by Gasteiger charge is 2.51. The van der Waals surface area contributed by atoms with Crippen molar-refractivity contribution in [1.29, 1.82) is 0 Å². The molecule has 0 bridgehead atoms. The van der Waals surface area contributed by atoms with Crippen LogP contribution in [0.4, 0.5) is 0 Å². The van der Waals surface area contributed by atoms with Crippen molar-refractivity contribution in [3.63, 3.8) is 0 Å². The maximum atomic E-state index is 9.97. The van der Waals surface area contributed by atoms with Gasteiger partial charge in [-0.05, 0) is 18.8 Å². The Morgan fingerprint density at radius 3 is 2.00 bits per heavy atom. The van der Waals surface area contributed by atoms with Crippen LogP contribution in [0.2, 0.25) is 0 Å². The monoisotopic (exact) mass is 266 g/mol. The summed E-state index contributed by atoms with van der Waals surface area (Å²) < 4.78 is 0. The van der Waals surface area contributed by atoms with Gasteiger partial charge in [-0.15, -0.1) is 0 Å². The maximum absolute atomic E-state index is 9.97. The molecule has 0 aromatic heterocycles. The maximum Gasteiger partial charge on any atom is 0.116 e. The van der Waals surface area contributed by atoms with Crippen molar-refractivity contribution in [3.8, 4) is 0 Å². The fourth-order valence-corrected chi connectivity index (χ4v) is 2.49. The second kappa shape index (κ2) is 6.25. The van der Waals surface area contributed by atoms with Gasteiger partial charge in [0, 0.05) is 19.1 Å². The Labute approximate surface area is 105 Å². The lowest BCUT2D eigenvalue weighted by atomic mass is 9.70. The lowest BCUT2D eigenvalue weighted by Gasteiger charge is -2.45. The van der Waals surface area contributed by atoms with Crippen LogP contribution in [0.15, 0.2) is 0 Å². The van der Waals surface area contributed by atoms with Gasteiger partial charge in [0.1, 0.15) is 17.8 Å². The van der Waals surface area contributed by atoms with E-state index in [1.165, 1.54) is 0 Å². The molecule has 0 heterocycles. The van der Waals surface area contributed by atoms with Gasteiger partial charge in [0.05, 0.1) is 12.7 Å². The number of aliphatic hydroxyl groups excluding tert-OH is 6. The molecule has 1 saturated carbocycles. The lowest BCUT2D eigenvalue weighted by molar-refractivity contribution is -0.218. The van der Waals surface area contributed by atoms with Crippen LogP contribution in [0.25, 0.3) is 0 Å². The van der Waals surface area contributed by atoms with E-state index in [2.05, 4.69) is 0 Å². The minimum Gasteiger partial charge on any atom is -0.396 e. The molecule has 7 nitrogen and oxygen atoms in total. The van der Waals surface area contributed by atoms with Crippen LogP contribution in [-0.4, -0.2) is 79.5 Å². The number of hydrogen-bond donors (Lipinski definition) is 7. The first-order chi connectivity index (χ1) is 8.39. The van der Waals surface area contributed by atoms with Crippen molar-refractivity contribution in [3.05, 3.63) is 0 Å². The molecule has 0 aliphatic heterocycles. The smallest absolute Gasteiger partial charge is 0.116 e. The van der Waals surface area contributed by atoms with E-state index in [4.69, 9.17) is 15.3 Å². The first-order valence-corrected chi connectivity index (χ1v) is 5.98. The van der Waals surface area contributed by atoms with Gasteiger partial charge >= 0.3 is 0 Å². The Hall–Kier alpha value is -0.280. The van der Waals surface area contributed by atoms with Crippen molar-refractivity contribution in [1.82, 2.24) is 0 Å². The van der Waals surface area contributed by atoms with Crippen LogP contribution in [0.1, 0.15) is 12.8 Å². The molecule has 7 heteroatoms. The fourth-order valence-electron chi connectivity index (χ4n) is 2.49. The molecule has 0 amide bonds. The Balaban J connectivity index is 2.79. The molecule has 18 heavy (non-hydrogen) atoms. The standard InChI is InChI=1S/C11H22O7/c12-3-6(4-13)1-7-2-11(18,5-14)10(17)9(16)8(7)15/h6-10,12-18H,1-5H2/t7-,8-,9+,10-,11-/m1/s1. The van der Waals surface area contributed by atoms with Gasteiger partial charge in [-0.3, -0.25) is 0 Å². The molecule has 0 aromatic rings. The lowest BCUT2D eigenvalue weighted by Crippen LogP contribution is -2.62. The third kappa shape index (κ3) is 3.00. The van der Waals surface area contributed by atoms with Crippen LogP contribution in [-0.2, 0) is 0 Å². The van der Waals surface area contributed by atoms with E-state index < -0.39 is 42.4 Å². The second-order valence-electron chi connectivity index (χ2n) is 5.12. The Morgan fingerprint density at radius 1 is 1.00 bits per heavy atom.